The lowest BCUT2D eigenvalue weighted by atomic mass is 10.0. The van der Waals surface area contributed by atoms with Crippen LogP contribution in [0.5, 0.6) is 0 Å². The average Bonchev–Trinajstić information content (AvgIpc) is 2.10. The second-order valence-corrected chi connectivity index (χ2v) is 4.94. The summed E-state index contributed by atoms with van der Waals surface area (Å²) in [7, 11) is 2.18. The van der Waals surface area contributed by atoms with Crippen LogP contribution in [0.25, 0.3) is 0 Å². The minimum atomic E-state index is 0.313. The van der Waals surface area contributed by atoms with Crippen LogP contribution in [0.2, 0.25) is 0 Å². The van der Waals surface area contributed by atoms with Gasteiger partial charge in [-0.3, -0.25) is 5.41 Å². The molecule has 0 rings (SSSR count). The third-order valence-electron chi connectivity index (χ3n) is 2.77. The molecule has 0 aliphatic heterocycles. The van der Waals surface area contributed by atoms with E-state index in [0.717, 1.165) is 31.7 Å². The van der Waals surface area contributed by atoms with Gasteiger partial charge in [0.2, 0.25) is 0 Å². The Morgan fingerprint density at radius 2 is 1.87 bits per heavy atom. The van der Waals surface area contributed by atoms with E-state index in [1.54, 1.807) is 0 Å². The molecule has 0 saturated heterocycles. The summed E-state index contributed by atoms with van der Waals surface area (Å²) in [5, 5.41) is 7.12. The Labute approximate surface area is 94.5 Å². The van der Waals surface area contributed by atoms with Crippen molar-refractivity contribution in [1.29, 1.82) is 5.41 Å². The molecule has 0 aromatic rings. The maximum atomic E-state index is 7.12. The van der Waals surface area contributed by atoms with Crippen molar-refractivity contribution in [2.24, 2.45) is 11.7 Å². The predicted octanol–water partition coefficient (Wildman–Crippen LogP) is 2.46. The van der Waals surface area contributed by atoms with Crippen LogP contribution >= 0.6 is 0 Å². The summed E-state index contributed by atoms with van der Waals surface area (Å²) in [4.78, 5) is 2.40. The van der Waals surface area contributed by atoms with Crippen molar-refractivity contribution in [2.75, 3.05) is 13.6 Å². The smallest absolute Gasteiger partial charge is 0.0905 e. The van der Waals surface area contributed by atoms with Crippen LogP contribution in [0.1, 0.15) is 46.5 Å². The fourth-order valence-corrected chi connectivity index (χ4v) is 1.76. The second kappa shape index (κ2) is 7.69. The Hall–Kier alpha value is -0.570. The predicted molar refractivity (Wildman–Crippen MR) is 67.3 cm³/mol. The Kier molecular flexibility index (Phi) is 7.39. The number of nitrogens with two attached hydrogens (primary N) is 1. The van der Waals surface area contributed by atoms with E-state index in [4.69, 9.17) is 11.1 Å². The molecule has 3 heteroatoms. The molecule has 1 unspecified atom stereocenters. The molecule has 0 spiro atoms. The zero-order valence-electron chi connectivity index (χ0n) is 10.7. The Morgan fingerprint density at radius 1 is 1.27 bits per heavy atom. The maximum absolute atomic E-state index is 7.12. The monoisotopic (exact) mass is 213 g/mol. The molecule has 0 aliphatic carbocycles. The molecule has 0 aromatic heterocycles. The summed E-state index contributed by atoms with van der Waals surface area (Å²) in [5.74, 6) is 1.08. The lowest BCUT2D eigenvalue weighted by molar-refractivity contribution is 0.225. The molecular formula is C12H27N3. The summed E-state index contributed by atoms with van der Waals surface area (Å²) in [5.41, 5.74) is 5.30. The minimum absolute atomic E-state index is 0.313. The topological polar surface area (TPSA) is 53.1 Å². The molecule has 0 heterocycles. The molecular weight excluding hydrogens is 186 g/mol. The van der Waals surface area contributed by atoms with E-state index < -0.39 is 0 Å². The molecule has 0 bridgehead atoms. The van der Waals surface area contributed by atoms with E-state index >= 15 is 0 Å². The number of hydrogen-bond acceptors (Lipinski definition) is 2. The minimum Gasteiger partial charge on any atom is -0.388 e. The highest BCUT2D eigenvalue weighted by Crippen LogP contribution is 2.10. The number of amidine groups is 1. The van der Waals surface area contributed by atoms with E-state index in [1.807, 2.05) is 0 Å². The summed E-state index contributed by atoms with van der Waals surface area (Å²) >= 11 is 0. The highest BCUT2D eigenvalue weighted by atomic mass is 15.1. The maximum Gasteiger partial charge on any atom is 0.0905 e. The van der Waals surface area contributed by atoms with Crippen molar-refractivity contribution >= 4 is 5.84 Å². The third-order valence-corrected chi connectivity index (χ3v) is 2.77. The largest absolute Gasteiger partial charge is 0.388 e. The SMILES string of the molecule is CC(C)CC(C)N(C)CCCCC(=N)N. The Bertz CT molecular complexity index is 178. The lowest BCUT2D eigenvalue weighted by Gasteiger charge is -2.26. The number of nitrogens with zero attached hydrogens (tertiary/aromatic N) is 1. The van der Waals surface area contributed by atoms with Gasteiger partial charge in [0.25, 0.3) is 0 Å². The first-order valence-electron chi connectivity index (χ1n) is 5.96. The molecule has 0 saturated carbocycles. The highest BCUT2D eigenvalue weighted by molar-refractivity contribution is 5.76. The summed E-state index contributed by atoms with van der Waals surface area (Å²) < 4.78 is 0. The van der Waals surface area contributed by atoms with E-state index in [9.17, 15) is 0 Å². The summed E-state index contributed by atoms with van der Waals surface area (Å²) in [6, 6.07) is 0.655. The Morgan fingerprint density at radius 3 is 2.33 bits per heavy atom. The molecule has 0 aliphatic rings. The lowest BCUT2D eigenvalue weighted by Crippen LogP contribution is -2.31. The molecule has 3 nitrogen and oxygen atoms in total. The summed E-state index contributed by atoms with van der Waals surface area (Å²) in [6.45, 7) is 7.92. The zero-order valence-corrected chi connectivity index (χ0v) is 10.7. The van der Waals surface area contributed by atoms with E-state index in [1.165, 1.54) is 6.42 Å². The van der Waals surface area contributed by atoms with Gasteiger partial charge in [-0.05, 0) is 45.7 Å². The van der Waals surface area contributed by atoms with Crippen molar-refractivity contribution in [3.63, 3.8) is 0 Å². The fourth-order valence-electron chi connectivity index (χ4n) is 1.76. The average molecular weight is 213 g/mol. The first-order valence-corrected chi connectivity index (χ1v) is 5.96. The van der Waals surface area contributed by atoms with Gasteiger partial charge in [-0.1, -0.05) is 13.8 Å². The van der Waals surface area contributed by atoms with Gasteiger partial charge >= 0.3 is 0 Å². The Balaban J connectivity index is 3.55. The summed E-state index contributed by atoms with van der Waals surface area (Å²) in [6.07, 6.45) is 4.17. The van der Waals surface area contributed by atoms with Gasteiger partial charge in [0.15, 0.2) is 0 Å². The van der Waals surface area contributed by atoms with Crippen molar-refractivity contribution < 1.29 is 0 Å². The molecule has 1 atom stereocenters. The quantitative estimate of drug-likeness (QED) is 0.370. The van der Waals surface area contributed by atoms with Crippen LogP contribution < -0.4 is 5.73 Å². The van der Waals surface area contributed by atoms with Crippen LogP contribution in [0, 0.1) is 11.3 Å². The molecule has 3 N–H and O–H groups in total. The number of hydrogen-bond donors (Lipinski definition) is 2. The second-order valence-electron chi connectivity index (χ2n) is 4.94. The molecule has 15 heavy (non-hydrogen) atoms. The normalized spacial score (nSPS) is 13.5. The van der Waals surface area contributed by atoms with Crippen LogP contribution in [0.4, 0.5) is 0 Å². The van der Waals surface area contributed by atoms with Gasteiger partial charge in [0, 0.05) is 12.5 Å². The highest BCUT2D eigenvalue weighted by Gasteiger charge is 2.10. The first-order chi connectivity index (χ1) is 6.93. The van der Waals surface area contributed by atoms with Crippen molar-refractivity contribution in [3.8, 4) is 0 Å². The number of unbranched alkanes of at least 4 members (excludes halogenated alkanes) is 1. The number of nitrogens with one attached hydrogen (secondary N) is 1. The zero-order chi connectivity index (χ0) is 11.8. The van der Waals surface area contributed by atoms with Gasteiger partial charge in [-0.15, -0.1) is 0 Å². The molecule has 0 aromatic carbocycles. The van der Waals surface area contributed by atoms with Crippen molar-refractivity contribution in [2.45, 2.75) is 52.5 Å². The van der Waals surface area contributed by atoms with Crippen molar-refractivity contribution in [1.82, 2.24) is 4.90 Å². The molecule has 0 radical (unpaired) electrons. The molecule has 90 valence electrons. The van der Waals surface area contributed by atoms with Gasteiger partial charge in [0.1, 0.15) is 0 Å². The standard InChI is InChI=1S/C12H27N3/c1-10(2)9-11(3)15(4)8-6-5-7-12(13)14/h10-11H,5-9H2,1-4H3,(H3,13,14). The van der Waals surface area contributed by atoms with E-state index in [-0.39, 0.29) is 0 Å². The van der Waals surface area contributed by atoms with Crippen LogP contribution in [0.3, 0.4) is 0 Å². The van der Waals surface area contributed by atoms with Gasteiger partial charge < -0.3 is 10.6 Å². The van der Waals surface area contributed by atoms with Crippen LogP contribution in [-0.4, -0.2) is 30.4 Å². The third kappa shape index (κ3) is 8.43. The van der Waals surface area contributed by atoms with Crippen LogP contribution in [0.15, 0.2) is 0 Å². The first kappa shape index (κ1) is 14.4. The van der Waals surface area contributed by atoms with E-state index in [2.05, 4.69) is 32.7 Å². The van der Waals surface area contributed by atoms with Gasteiger partial charge in [-0.2, -0.15) is 0 Å². The molecule has 0 fully saturated rings. The van der Waals surface area contributed by atoms with E-state index in [0.29, 0.717) is 11.9 Å². The number of rotatable bonds is 8. The molecule has 0 amide bonds. The van der Waals surface area contributed by atoms with Crippen molar-refractivity contribution in [3.05, 3.63) is 0 Å². The fraction of sp³-hybridized carbons (Fsp3) is 0.917. The van der Waals surface area contributed by atoms with Gasteiger partial charge in [0.05, 0.1) is 5.84 Å². The van der Waals surface area contributed by atoms with Crippen LogP contribution in [-0.2, 0) is 0 Å². The van der Waals surface area contributed by atoms with Gasteiger partial charge in [-0.25, -0.2) is 0 Å².